The minimum atomic E-state index is -1.14. The van der Waals surface area contributed by atoms with Crippen LogP contribution in [0.25, 0.3) is 10.9 Å². The van der Waals surface area contributed by atoms with Crippen LogP contribution < -0.4 is 4.90 Å². The number of aromatic nitrogens is 1. The Balaban J connectivity index is 1.87. The van der Waals surface area contributed by atoms with Gasteiger partial charge in [-0.1, -0.05) is 50.2 Å². The van der Waals surface area contributed by atoms with E-state index in [9.17, 15) is 9.59 Å². The van der Waals surface area contributed by atoms with Crippen LogP contribution in [0.15, 0.2) is 48.5 Å². The number of H-pyrrole nitrogens is 1. The Hall–Kier alpha value is -3.08. The lowest BCUT2D eigenvalue weighted by molar-refractivity contribution is -0.148. The van der Waals surface area contributed by atoms with Crippen LogP contribution >= 0.6 is 0 Å². The summed E-state index contributed by atoms with van der Waals surface area (Å²) in [5.74, 6) is -0.135. The van der Waals surface area contributed by atoms with E-state index in [1.807, 2.05) is 80.0 Å². The molecule has 0 saturated heterocycles. The van der Waals surface area contributed by atoms with E-state index in [0.717, 1.165) is 46.3 Å². The minimum Gasteiger partial charge on any atom is -0.355 e. The number of para-hydroxylation sites is 2. The SMILES string of the molecule is CCC(C)C(=O)N1CCc2c([nH]c3ccccc23)C12C(=O)N(C(C)C)c1ccccc12. The topological polar surface area (TPSA) is 56.4 Å². The third kappa shape index (κ3) is 2.49. The fourth-order valence-corrected chi connectivity index (χ4v) is 5.41. The van der Waals surface area contributed by atoms with Crippen molar-refractivity contribution in [2.24, 2.45) is 5.92 Å². The van der Waals surface area contributed by atoms with Crippen molar-refractivity contribution in [1.82, 2.24) is 9.88 Å². The first kappa shape index (κ1) is 19.9. The van der Waals surface area contributed by atoms with E-state index in [2.05, 4.69) is 11.1 Å². The zero-order valence-electron chi connectivity index (χ0n) is 18.6. The Bertz CT molecular complexity index is 1190. The minimum absolute atomic E-state index is 0.0108. The lowest BCUT2D eigenvalue weighted by Crippen LogP contribution is -2.60. The van der Waals surface area contributed by atoms with Crippen LogP contribution in [-0.4, -0.2) is 34.3 Å². The van der Waals surface area contributed by atoms with Gasteiger partial charge in [0.05, 0.1) is 11.4 Å². The molecule has 1 aromatic heterocycles. The molecule has 2 amide bonds. The number of carbonyl (C=O) groups excluding carboxylic acids is 2. The Kier molecular flexibility index (Phi) is 4.47. The predicted octanol–water partition coefficient (Wildman–Crippen LogP) is 4.60. The van der Waals surface area contributed by atoms with Gasteiger partial charge in [-0.05, 0) is 44.4 Å². The normalized spacial score (nSPS) is 21.1. The summed E-state index contributed by atoms with van der Waals surface area (Å²) in [6.07, 6.45) is 1.48. The Labute approximate surface area is 183 Å². The molecule has 2 aromatic carbocycles. The fourth-order valence-electron chi connectivity index (χ4n) is 5.41. The van der Waals surface area contributed by atoms with Crippen molar-refractivity contribution in [3.05, 3.63) is 65.4 Å². The second-order valence-electron chi connectivity index (χ2n) is 9.07. The lowest BCUT2D eigenvalue weighted by atomic mass is 9.79. The number of fused-ring (bicyclic) bond motifs is 6. The van der Waals surface area contributed by atoms with E-state index in [1.54, 1.807) is 0 Å². The third-order valence-corrected chi connectivity index (χ3v) is 7.06. The molecule has 3 aromatic rings. The smallest absolute Gasteiger partial charge is 0.264 e. The molecule has 5 nitrogen and oxygen atoms in total. The molecule has 160 valence electrons. The number of nitrogens with zero attached hydrogens (tertiary/aromatic N) is 2. The molecule has 0 radical (unpaired) electrons. The van der Waals surface area contributed by atoms with Gasteiger partial charge in [0, 0.05) is 35.0 Å². The van der Waals surface area contributed by atoms with Crippen molar-refractivity contribution < 1.29 is 9.59 Å². The highest BCUT2D eigenvalue weighted by Gasteiger charge is 2.61. The number of benzene rings is 2. The van der Waals surface area contributed by atoms with Gasteiger partial charge in [0.25, 0.3) is 5.91 Å². The summed E-state index contributed by atoms with van der Waals surface area (Å²) >= 11 is 0. The molecule has 2 unspecified atom stereocenters. The number of amides is 2. The maximum atomic E-state index is 14.4. The van der Waals surface area contributed by atoms with Crippen LogP contribution in [0.1, 0.15) is 50.9 Å². The number of carbonyl (C=O) groups is 2. The molecule has 5 heteroatoms. The predicted molar refractivity (Wildman–Crippen MR) is 123 cm³/mol. The summed E-state index contributed by atoms with van der Waals surface area (Å²) in [6, 6.07) is 16.1. The highest BCUT2D eigenvalue weighted by Crippen LogP contribution is 2.52. The molecule has 31 heavy (non-hydrogen) atoms. The van der Waals surface area contributed by atoms with Crippen molar-refractivity contribution in [2.75, 3.05) is 11.4 Å². The lowest BCUT2D eigenvalue weighted by Gasteiger charge is -2.44. The van der Waals surface area contributed by atoms with Gasteiger partial charge >= 0.3 is 0 Å². The first-order valence-corrected chi connectivity index (χ1v) is 11.3. The largest absolute Gasteiger partial charge is 0.355 e. The van der Waals surface area contributed by atoms with E-state index in [-0.39, 0.29) is 23.8 Å². The summed E-state index contributed by atoms with van der Waals surface area (Å²) in [6.45, 7) is 8.58. The maximum absolute atomic E-state index is 14.4. The van der Waals surface area contributed by atoms with E-state index < -0.39 is 5.54 Å². The zero-order chi connectivity index (χ0) is 21.9. The van der Waals surface area contributed by atoms with Crippen molar-refractivity contribution in [1.29, 1.82) is 0 Å². The number of anilines is 1. The zero-order valence-corrected chi connectivity index (χ0v) is 18.6. The molecule has 0 aliphatic carbocycles. The van der Waals surface area contributed by atoms with Gasteiger partial charge in [-0.2, -0.15) is 0 Å². The molecule has 0 fully saturated rings. The van der Waals surface area contributed by atoms with Gasteiger partial charge in [-0.25, -0.2) is 0 Å². The van der Waals surface area contributed by atoms with Gasteiger partial charge in [0.2, 0.25) is 5.91 Å². The molecule has 2 aliphatic rings. The summed E-state index contributed by atoms with van der Waals surface area (Å²) in [5, 5.41) is 1.14. The van der Waals surface area contributed by atoms with E-state index in [0.29, 0.717) is 6.54 Å². The van der Waals surface area contributed by atoms with Crippen molar-refractivity contribution >= 4 is 28.4 Å². The standard InChI is InChI=1S/C26H29N3O2/c1-5-17(4)24(30)28-15-14-19-18-10-6-8-12-21(18)27-23(19)26(28)20-11-7-9-13-22(20)29(16(2)3)25(26)31/h6-13,16-17,27H,5,14-15H2,1-4H3. The summed E-state index contributed by atoms with van der Waals surface area (Å²) in [4.78, 5) is 35.4. The van der Waals surface area contributed by atoms with E-state index in [4.69, 9.17) is 0 Å². The van der Waals surface area contributed by atoms with Crippen molar-refractivity contribution in [2.45, 2.75) is 52.1 Å². The Morgan fingerprint density at radius 3 is 2.55 bits per heavy atom. The van der Waals surface area contributed by atoms with Gasteiger partial charge in [0.15, 0.2) is 5.54 Å². The van der Waals surface area contributed by atoms with Crippen LogP contribution in [0.2, 0.25) is 0 Å². The average Bonchev–Trinajstić information content (AvgIpc) is 3.28. The second kappa shape index (κ2) is 6.98. The van der Waals surface area contributed by atoms with Crippen molar-refractivity contribution in [3.8, 4) is 0 Å². The number of hydrogen-bond acceptors (Lipinski definition) is 2. The van der Waals surface area contributed by atoms with Crippen molar-refractivity contribution in [3.63, 3.8) is 0 Å². The third-order valence-electron chi connectivity index (χ3n) is 7.06. The van der Waals surface area contributed by atoms with E-state index in [1.165, 1.54) is 0 Å². The molecule has 5 rings (SSSR count). The molecule has 3 heterocycles. The molecular formula is C26H29N3O2. The number of aromatic amines is 1. The number of rotatable bonds is 3. The molecule has 2 atom stereocenters. The average molecular weight is 416 g/mol. The Morgan fingerprint density at radius 2 is 1.81 bits per heavy atom. The quantitative estimate of drug-likeness (QED) is 0.680. The second-order valence-corrected chi connectivity index (χ2v) is 9.07. The molecular weight excluding hydrogens is 386 g/mol. The van der Waals surface area contributed by atoms with Gasteiger partial charge in [0.1, 0.15) is 0 Å². The number of hydrogen-bond donors (Lipinski definition) is 1. The van der Waals surface area contributed by atoms with Crippen LogP contribution in [0.5, 0.6) is 0 Å². The first-order valence-electron chi connectivity index (χ1n) is 11.3. The fraction of sp³-hybridized carbons (Fsp3) is 0.385. The van der Waals surface area contributed by atoms with Crippen LogP contribution in [0.4, 0.5) is 5.69 Å². The van der Waals surface area contributed by atoms with Crippen LogP contribution in [0.3, 0.4) is 0 Å². The molecule has 1 N–H and O–H groups in total. The van der Waals surface area contributed by atoms with Crippen LogP contribution in [0, 0.1) is 5.92 Å². The Morgan fingerprint density at radius 1 is 1.10 bits per heavy atom. The monoisotopic (exact) mass is 415 g/mol. The molecule has 1 spiro atoms. The summed E-state index contributed by atoms with van der Waals surface area (Å²) in [7, 11) is 0. The first-order chi connectivity index (χ1) is 14.9. The summed E-state index contributed by atoms with van der Waals surface area (Å²) in [5.41, 5.74) is 3.68. The highest BCUT2D eigenvalue weighted by molar-refractivity contribution is 6.13. The number of nitrogens with one attached hydrogen (secondary N) is 1. The molecule has 2 aliphatic heterocycles. The van der Waals surface area contributed by atoms with Gasteiger partial charge in [-0.15, -0.1) is 0 Å². The van der Waals surface area contributed by atoms with Gasteiger partial charge in [-0.3, -0.25) is 9.59 Å². The maximum Gasteiger partial charge on any atom is 0.264 e. The van der Waals surface area contributed by atoms with Crippen LogP contribution in [-0.2, 0) is 21.5 Å². The summed E-state index contributed by atoms with van der Waals surface area (Å²) < 4.78 is 0. The molecule has 0 saturated carbocycles. The van der Waals surface area contributed by atoms with E-state index >= 15 is 0 Å². The van der Waals surface area contributed by atoms with Gasteiger partial charge < -0.3 is 14.8 Å². The highest BCUT2D eigenvalue weighted by atomic mass is 16.2. The molecule has 0 bridgehead atoms.